The van der Waals surface area contributed by atoms with Crippen molar-refractivity contribution in [3.05, 3.63) is 51.1 Å². The van der Waals surface area contributed by atoms with Crippen LogP contribution < -0.4 is 10.1 Å². The molecule has 7 heteroatoms. The van der Waals surface area contributed by atoms with E-state index >= 15 is 0 Å². The average Bonchev–Trinajstić information content (AvgIpc) is 2.97. The normalized spacial score (nSPS) is 10.6. The van der Waals surface area contributed by atoms with Gasteiger partial charge in [0.2, 0.25) is 5.91 Å². The van der Waals surface area contributed by atoms with E-state index in [4.69, 9.17) is 4.74 Å². The molecule has 0 spiro atoms. The number of carbonyl (C=O) groups is 2. The van der Waals surface area contributed by atoms with E-state index in [2.05, 4.69) is 21.2 Å². The highest BCUT2D eigenvalue weighted by Gasteiger charge is 2.05. The molecule has 1 aromatic carbocycles. The van der Waals surface area contributed by atoms with Crippen molar-refractivity contribution in [1.29, 1.82) is 0 Å². The predicted molar refractivity (Wildman–Crippen MR) is 100 cm³/mol. The van der Waals surface area contributed by atoms with Crippen LogP contribution in [0.3, 0.4) is 0 Å². The third-order valence-electron chi connectivity index (χ3n) is 2.98. The number of thiophene rings is 1. The van der Waals surface area contributed by atoms with Gasteiger partial charge in [0.15, 0.2) is 6.61 Å². The highest BCUT2D eigenvalue weighted by molar-refractivity contribution is 9.11. The lowest BCUT2D eigenvalue weighted by atomic mass is 10.3. The fourth-order valence-corrected chi connectivity index (χ4v) is 2.99. The second kappa shape index (κ2) is 8.65. The Morgan fingerprint density at radius 3 is 2.50 bits per heavy atom. The maximum atomic E-state index is 11.9. The zero-order valence-electron chi connectivity index (χ0n) is 13.3. The third-order valence-corrected chi connectivity index (χ3v) is 4.56. The van der Waals surface area contributed by atoms with Gasteiger partial charge in [-0.25, -0.2) is 0 Å². The van der Waals surface area contributed by atoms with E-state index in [1.807, 2.05) is 12.1 Å². The molecule has 5 nitrogen and oxygen atoms in total. The fourth-order valence-electron chi connectivity index (χ4n) is 1.67. The van der Waals surface area contributed by atoms with Crippen LogP contribution in [0.15, 0.2) is 46.3 Å². The molecule has 1 N–H and O–H groups in total. The quantitative estimate of drug-likeness (QED) is 0.742. The number of nitrogens with zero attached hydrogens (tertiary/aromatic N) is 1. The lowest BCUT2D eigenvalue weighted by Gasteiger charge is -2.11. The van der Waals surface area contributed by atoms with Crippen molar-refractivity contribution in [1.82, 2.24) is 4.90 Å². The maximum absolute atomic E-state index is 11.9. The summed E-state index contributed by atoms with van der Waals surface area (Å²) in [4.78, 5) is 25.8. The highest BCUT2D eigenvalue weighted by Crippen LogP contribution is 2.23. The van der Waals surface area contributed by atoms with Gasteiger partial charge < -0.3 is 15.0 Å². The summed E-state index contributed by atoms with van der Waals surface area (Å²) in [7, 11) is 3.35. The molecule has 2 amide bonds. The predicted octanol–water partition coefficient (Wildman–Crippen LogP) is 3.63. The summed E-state index contributed by atoms with van der Waals surface area (Å²) < 4.78 is 6.40. The molecular weight excluding hydrogens is 392 g/mol. The van der Waals surface area contributed by atoms with E-state index in [0.717, 1.165) is 8.66 Å². The maximum Gasteiger partial charge on any atom is 0.259 e. The van der Waals surface area contributed by atoms with Gasteiger partial charge in [-0.2, -0.15) is 0 Å². The van der Waals surface area contributed by atoms with Crippen LogP contribution in [0.4, 0.5) is 5.69 Å². The lowest BCUT2D eigenvalue weighted by molar-refractivity contribution is -0.130. The summed E-state index contributed by atoms with van der Waals surface area (Å²) >= 11 is 4.93. The number of anilines is 1. The van der Waals surface area contributed by atoms with E-state index < -0.39 is 0 Å². The number of benzene rings is 1. The first-order valence-corrected chi connectivity index (χ1v) is 8.72. The van der Waals surface area contributed by atoms with Crippen molar-refractivity contribution in [2.45, 2.75) is 0 Å². The molecule has 0 unspecified atom stereocenters. The van der Waals surface area contributed by atoms with Crippen LogP contribution in [0, 0.1) is 0 Å². The van der Waals surface area contributed by atoms with Crippen LogP contribution >= 0.6 is 27.3 Å². The van der Waals surface area contributed by atoms with E-state index in [-0.39, 0.29) is 18.4 Å². The number of hydrogen-bond acceptors (Lipinski definition) is 4. The first-order valence-electron chi connectivity index (χ1n) is 7.11. The molecule has 24 heavy (non-hydrogen) atoms. The Morgan fingerprint density at radius 1 is 1.21 bits per heavy atom. The Labute approximate surface area is 153 Å². The molecule has 0 aliphatic carbocycles. The molecular formula is C17H17BrN2O3S. The third kappa shape index (κ3) is 5.82. The number of amides is 2. The zero-order chi connectivity index (χ0) is 17.5. The van der Waals surface area contributed by atoms with Gasteiger partial charge in [-0.3, -0.25) is 9.59 Å². The topological polar surface area (TPSA) is 58.6 Å². The van der Waals surface area contributed by atoms with Crippen LogP contribution in [0.5, 0.6) is 5.75 Å². The largest absolute Gasteiger partial charge is 0.484 e. The van der Waals surface area contributed by atoms with Crippen molar-refractivity contribution >= 4 is 50.8 Å². The number of halogens is 1. The minimum Gasteiger partial charge on any atom is -0.484 e. The molecule has 0 aliphatic rings. The molecule has 2 aromatic rings. The molecule has 0 saturated carbocycles. The minimum absolute atomic E-state index is 0.0161. The SMILES string of the molecule is CN(C)C(=O)COc1ccc(NC(=O)/C=C/c2ccc(Br)s2)cc1. The van der Waals surface area contributed by atoms with Crippen molar-refractivity contribution < 1.29 is 14.3 Å². The Bertz CT molecular complexity index is 739. The summed E-state index contributed by atoms with van der Waals surface area (Å²) in [6, 6.07) is 10.7. The van der Waals surface area contributed by atoms with Crippen molar-refractivity contribution in [2.24, 2.45) is 0 Å². The summed E-state index contributed by atoms with van der Waals surface area (Å²) in [6.07, 6.45) is 3.24. The van der Waals surface area contributed by atoms with Crippen LogP contribution in [0.25, 0.3) is 6.08 Å². The van der Waals surface area contributed by atoms with E-state index in [1.54, 1.807) is 55.8 Å². The van der Waals surface area contributed by atoms with Gasteiger partial charge in [0.25, 0.3) is 5.91 Å². The lowest BCUT2D eigenvalue weighted by Crippen LogP contribution is -2.27. The molecule has 0 saturated heterocycles. The molecule has 0 fully saturated rings. The Morgan fingerprint density at radius 2 is 1.92 bits per heavy atom. The molecule has 0 aliphatic heterocycles. The Hall–Kier alpha value is -2.12. The molecule has 0 bridgehead atoms. The van der Waals surface area contributed by atoms with Gasteiger partial charge in [-0.15, -0.1) is 11.3 Å². The second-order valence-electron chi connectivity index (χ2n) is 5.07. The first-order chi connectivity index (χ1) is 11.4. The highest BCUT2D eigenvalue weighted by atomic mass is 79.9. The van der Waals surface area contributed by atoms with Crippen LogP contribution in [0.1, 0.15) is 4.88 Å². The molecule has 126 valence electrons. The minimum atomic E-state index is -0.212. The van der Waals surface area contributed by atoms with Gasteiger partial charge in [0, 0.05) is 30.7 Å². The summed E-state index contributed by atoms with van der Waals surface area (Å²) in [5.41, 5.74) is 0.656. The first kappa shape index (κ1) is 18.2. The van der Waals surface area contributed by atoms with Gasteiger partial charge >= 0.3 is 0 Å². The Balaban J connectivity index is 1.85. The second-order valence-corrected chi connectivity index (χ2v) is 7.56. The zero-order valence-corrected chi connectivity index (χ0v) is 15.7. The molecule has 0 radical (unpaired) electrons. The average molecular weight is 409 g/mol. The molecule has 0 atom stereocenters. The number of carbonyl (C=O) groups excluding carboxylic acids is 2. The van der Waals surface area contributed by atoms with Gasteiger partial charge in [0.1, 0.15) is 5.75 Å². The van der Waals surface area contributed by atoms with Crippen molar-refractivity contribution in [3.63, 3.8) is 0 Å². The van der Waals surface area contributed by atoms with Crippen LogP contribution in [0.2, 0.25) is 0 Å². The van der Waals surface area contributed by atoms with E-state index in [0.29, 0.717) is 11.4 Å². The summed E-state index contributed by atoms with van der Waals surface area (Å²) in [6.45, 7) is -0.0161. The fraction of sp³-hybridized carbons (Fsp3) is 0.176. The van der Waals surface area contributed by atoms with Gasteiger partial charge in [-0.05, 0) is 58.4 Å². The van der Waals surface area contributed by atoms with Crippen molar-refractivity contribution in [3.8, 4) is 5.75 Å². The summed E-state index contributed by atoms with van der Waals surface area (Å²) in [5.74, 6) is 0.246. The van der Waals surface area contributed by atoms with Crippen LogP contribution in [-0.2, 0) is 9.59 Å². The van der Waals surface area contributed by atoms with Gasteiger partial charge in [0.05, 0.1) is 3.79 Å². The number of hydrogen-bond donors (Lipinski definition) is 1. The van der Waals surface area contributed by atoms with E-state index in [9.17, 15) is 9.59 Å². The number of nitrogens with one attached hydrogen (secondary N) is 1. The molecule has 2 rings (SSSR count). The smallest absolute Gasteiger partial charge is 0.259 e. The summed E-state index contributed by atoms with van der Waals surface area (Å²) in [5, 5.41) is 2.77. The standard InChI is InChI=1S/C17H17BrN2O3S/c1-20(2)17(22)11-23-13-5-3-12(4-6-13)19-16(21)10-8-14-7-9-15(18)24-14/h3-10H,11H2,1-2H3,(H,19,21)/b10-8+. The number of ether oxygens (including phenoxy) is 1. The van der Waals surface area contributed by atoms with Crippen molar-refractivity contribution in [2.75, 3.05) is 26.0 Å². The molecule has 1 aromatic heterocycles. The van der Waals surface area contributed by atoms with E-state index in [1.165, 1.54) is 11.0 Å². The van der Waals surface area contributed by atoms with Crippen LogP contribution in [-0.4, -0.2) is 37.4 Å². The monoisotopic (exact) mass is 408 g/mol. The van der Waals surface area contributed by atoms with Gasteiger partial charge in [-0.1, -0.05) is 0 Å². The number of likely N-dealkylation sites (N-methyl/N-ethyl adjacent to an activating group) is 1. The number of rotatable bonds is 6. The molecule has 1 heterocycles. The Kier molecular flexibility index (Phi) is 6.57.